The van der Waals surface area contributed by atoms with Crippen molar-refractivity contribution in [3.05, 3.63) is 53.2 Å². The molecule has 1 aromatic heterocycles. The van der Waals surface area contributed by atoms with Crippen molar-refractivity contribution in [2.24, 2.45) is 11.5 Å². The summed E-state index contributed by atoms with van der Waals surface area (Å²) in [5.41, 5.74) is 13.4. The molecule has 140 valence electrons. The first-order valence-corrected chi connectivity index (χ1v) is 9.93. The summed E-state index contributed by atoms with van der Waals surface area (Å²) >= 11 is 1.70. The van der Waals surface area contributed by atoms with Gasteiger partial charge in [0.1, 0.15) is 0 Å². The molecule has 5 heteroatoms. The minimum absolute atomic E-state index is 0.0889. The van der Waals surface area contributed by atoms with E-state index in [9.17, 15) is 0 Å². The van der Waals surface area contributed by atoms with Crippen LogP contribution in [-0.2, 0) is 0 Å². The Morgan fingerprint density at radius 3 is 2.42 bits per heavy atom. The number of allylic oxidation sites excluding steroid dienone is 2. The molecule has 0 bridgehead atoms. The van der Waals surface area contributed by atoms with E-state index in [0.717, 1.165) is 23.4 Å². The molecule has 0 unspecified atom stereocenters. The highest BCUT2D eigenvalue weighted by atomic mass is 32.1. The summed E-state index contributed by atoms with van der Waals surface area (Å²) in [4.78, 5) is 1.07. The third-order valence-corrected chi connectivity index (χ3v) is 5.88. The Labute approximate surface area is 160 Å². The molecule has 0 spiro atoms. The number of benzene rings is 1. The van der Waals surface area contributed by atoms with Crippen molar-refractivity contribution in [1.29, 1.82) is 0 Å². The molecule has 1 aliphatic rings. The Morgan fingerprint density at radius 2 is 1.77 bits per heavy atom. The zero-order valence-electron chi connectivity index (χ0n) is 16.1. The molecule has 1 saturated heterocycles. The Balaban J connectivity index is 1.70. The number of nitrogens with two attached hydrogens (primary N) is 2. The van der Waals surface area contributed by atoms with Gasteiger partial charge in [0.2, 0.25) is 0 Å². The van der Waals surface area contributed by atoms with E-state index < -0.39 is 0 Å². The largest absolute Gasteiger partial charge is 0.398 e. The predicted octanol–water partition coefficient (Wildman–Crippen LogP) is 3.90. The van der Waals surface area contributed by atoms with Gasteiger partial charge in [-0.15, -0.1) is 11.3 Å². The number of hydrogen-bond acceptors (Lipinski definition) is 5. The SMILES string of the molecule is CC1(C)CC(N/C(N)=C/C=C(\N)c2cc3ccccc3s2)CC(C)(C)N1. The number of thiophene rings is 1. The van der Waals surface area contributed by atoms with Gasteiger partial charge < -0.3 is 22.1 Å². The monoisotopic (exact) mass is 370 g/mol. The predicted molar refractivity (Wildman–Crippen MR) is 114 cm³/mol. The highest BCUT2D eigenvalue weighted by Gasteiger charge is 2.37. The molecule has 4 nitrogen and oxygen atoms in total. The van der Waals surface area contributed by atoms with Crippen LogP contribution in [0, 0.1) is 0 Å². The van der Waals surface area contributed by atoms with Crippen LogP contribution in [0.25, 0.3) is 15.8 Å². The van der Waals surface area contributed by atoms with Gasteiger partial charge in [0.25, 0.3) is 0 Å². The second kappa shape index (κ2) is 6.97. The zero-order valence-corrected chi connectivity index (χ0v) is 16.9. The quantitative estimate of drug-likeness (QED) is 0.616. The molecule has 0 saturated carbocycles. The maximum atomic E-state index is 6.26. The van der Waals surface area contributed by atoms with Crippen molar-refractivity contribution in [3.8, 4) is 0 Å². The molecule has 26 heavy (non-hydrogen) atoms. The highest BCUT2D eigenvalue weighted by Crippen LogP contribution is 2.29. The summed E-state index contributed by atoms with van der Waals surface area (Å²) in [6.07, 6.45) is 5.83. The van der Waals surface area contributed by atoms with Crippen molar-refractivity contribution in [1.82, 2.24) is 10.6 Å². The Morgan fingerprint density at radius 1 is 1.12 bits per heavy atom. The van der Waals surface area contributed by atoms with Gasteiger partial charge in [-0.05, 0) is 70.2 Å². The number of hydrogen-bond donors (Lipinski definition) is 4. The minimum atomic E-state index is 0.0889. The van der Waals surface area contributed by atoms with Crippen molar-refractivity contribution in [2.75, 3.05) is 0 Å². The van der Waals surface area contributed by atoms with E-state index in [-0.39, 0.29) is 11.1 Å². The first-order chi connectivity index (χ1) is 12.1. The lowest BCUT2D eigenvalue weighted by atomic mass is 9.79. The first-order valence-electron chi connectivity index (χ1n) is 9.11. The van der Waals surface area contributed by atoms with Gasteiger partial charge >= 0.3 is 0 Å². The first kappa shape index (κ1) is 18.8. The third kappa shape index (κ3) is 4.59. The lowest BCUT2D eigenvalue weighted by molar-refractivity contribution is 0.151. The maximum absolute atomic E-state index is 6.26. The topological polar surface area (TPSA) is 76.1 Å². The van der Waals surface area contributed by atoms with Gasteiger partial charge in [-0.3, -0.25) is 0 Å². The van der Waals surface area contributed by atoms with Crippen molar-refractivity contribution in [3.63, 3.8) is 0 Å². The number of rotatable bonds is 4. The molecule has 1 fully saturated rings. The number of nitrogens with one attached hydrogen (secondary N) is 2. The van der Waals surface area contributed by atoms with Crippen molar-refractivity contribution in [2.45, 2.75) is 57.7 Å². The van der Waals surface area contributed by atoms with Gasteiger partial charge in [-0.1, -0.05) is 18.2 Å². The standard InChI is InChI=1S/C21H30N4S/c1-20(2)12-15(13-21(3,4)25-20)24-19(23)10-9-16(22)18-11-14-7-5-6-8-17(14)26-18/h5-11,15,24-25H,12-13,22-23H2,1-4H3/b16-9-,19-10+. The Kier molecular flexibility index (Phi) is 5.04. The molecule has 6 N–H and O–H groups in total. The molecule has 2 heterocycles. The highest BCUT2D eigenvalue weighted by molar-refractivity contribution is 7.20. The molecule has 2 aromatic rings. The molecule has 3 rings (SSSR count). The lowest BCUT2D eigenvalue weighted by Crippen LogP contribution is -2.61. The average molecular weight is 371 g/mol. The summed E-state index contributed by atoms with van der Waals surface area (Å²) in [5, 5.41) is 8.37. The number of fused-ring (bicyclic) bond motifs is 1. The van der Waals surface area contributed by atoms with Crippen LogP contribution in [0.1, 0.15) is 45.4 Å². The minimum Gasteiger partial charge on any atom is -0.398 e. The van der Waals surface area contributed by atoms with Crippen LogP contribution in [0.15, 0.2) is 48.3 Å². The van der Waals surface area contributed by atoms with Gasteiger partial charge in [-0.2, -0.15) is 0 Å². The third-order valence-electron chi connectivity index (χ3n) is 4.71. The van der Waals surface area contributed by atoms with Crippen molar-refractivity contribution >= 4 is 27.1 Å². The molecule has 0 amide bonds. The normalized spacial score (nSPS) is 21.1. The van der Waals surface area contributed by atoms with Gasteiger partial charge in [0.15, 0.2) is 0 Å². The molecule has 1 aliphatic heterocycles. The van der Waals surface area contributed by atoms with Crippen LogP contribution < -0.4 is 22.1 Å². The molecular formula is C21H30N4S. The summed E-state index contributed by atoms with van der Waals surface area (Å²) in [7, 11) is 0. The van der Waals surface area contributed by atoms with E-state index in [1.54, 1.807) is 11.3 Å². The summed E-state index contributed by atoms with van der Waals surface area (Å²) < 4.78 is 1.24. The van der Waals surface area contributed by atoms with Crippen LogP contribution in [0.5, 0.6) is 0 Å². The zero-order chi connectivity index (χ0) is 18.9. The van der Waals surface area contributed by atoms with Crippen LogP contribution in [0.2, 0.25) is 0 Å². The summed E-state index contributed by atoms with van der Waals surface area (Å²) in [5.74, 6) is 0.660. The van der Waals surface area contributed by atoms with E-state index in [4.69, 9.17) is 11.5 Å². The Bertz CT molecular complexity index is 796. The van der Waals surface area contributed by atoms with E-state index in [1.807, 2.05) is 24.3 Å². The fraction of sp³-hybridized carbons (Fsp3) is 0.429. The van der Waals surface area contributed by atoms with E-state index in [2.05, 4.69) is 56.5 Å². The van der Waals surface area contributed by atoms with Gasteiger partial charge in [-0.25, -0.2) is 0 Å². The van der Waals surface area contributed by atoms with E-state index in [0.29, 0.717) is 11.9 Å². The summed E-state index contributed by atoms with van der Waals surface area (Å²) in [6.45, 7) is 8.95. The van der Waals surface area contributed by atoms with E-state index >= 15 is 0 Å². The van der Waals surface area contributed by atoms with Crippen LogP contribution in [-0.4, -0.2) is 17.1 Å². The average Bonchev–Trinajstić information content (AvgIpc) is 2.93. The fourth-order valence-electron chi connectivity index (χ4n) is 4.09. The molecule has 0 atom stereocenters. The smallest absolute Gasteiger partial charge is 0.0962 e. The maximum Gasteiger partial charge on any atom is 0.0962 e. The summed E-state index contributed by atoms with van der Waals surface area (Å²) in [6, 6.07) is 10.8. The molecule has 1 aromatic carbocycles. The second-order valence-electron chi connectivity index (χ2n) is 8.53. The number of piperidine rings is 1. The van der Waals surface area contributed by atoms with Crippen molar-refractivity contribution < 1.29 is 0 Å². The second-order valence-corrected chi connectivity index (χ2v) is 9.62. The molecule has 0 aliphatic carbocycles. The van der Waals surface area contributed by atoms with E-state index in [1.165, 1.54) is 10.1 Å². The Hall–Kier alpha value is -1.98. The molecular weight excluding hydrogens is 340 g/mol. The van der Waals surface area contributed by atoms with Crippen LogP contribution in [0.3, 0.4) is 0 Å². The van der Waals surface area contributed by atoms with Crippen LogP contribution in [0.4, 0.5) is 0 Å². The lowest BCUT2D eigenvalue weighted by Gasteiger charge is -2.46. The molecule has 0 radical (unpaired) electrons. The van der Waals surface area contributed by atoms with Gasteiger partial charge in [0.05, 0.1) is 10.7 Å². The van der Waals surface area contributed by atoms with Gasteiger partial charge in [0, 0.05) is 27.5 Å². The fourth-order valence-corrected chi connectivity index (χ4v) is 5.09. The van der Waals surface area contributed by atoms with Crippen LogP contribution >= 0.6 is 11.3 Å².